The molecule has 1 atom stereocenters. The van der Waals surface area contributed by atoms with Crippen molar-refractivity contribution in [2.45, 2.75) is 31.0 Å². The van der Waals surface area contributed by atoms with Crippen LogP contribution in [0.5, 0.6) is 0 Å². The van der Waals surface area contributed by atoms with E-state index in [1.807, 2.05) is 0 Å². The number of aliphatic hydroxyl groups is 1. The highest BCUT2D eigenvalue weighted by Crippen LogP contribution is 2.14. The first-order valence-electron chi connectivity index (χ1n) is 6.22. The van der Waals surface area contributed by atoms with Crippen molar-refractivity contribution in [1.82, 2.24) is 20.1 Å². The molecule has 0 amide bonds. The minimum Gasteiger partial charge on any atom is -0.396 e. The SMILES string of the molecule is CCCNC(CCO)CSc1nc(=O)c(=O)[nH]n1C. The first-order chi connectivity index (χ1) is 9.08. The van der Waals surface area contributed by atoms with Gasteiger partial charge < -0.3 is 10.4 Å². The van der Waals surface area contributed by atoms with E-state index in [0.717, 1.165) is 13.0 Å². The molecule has 1 aromatic heterocycles. The topological polar surface area (TPSA) is 100 Å². The third-order valence-electron chi connectivity index (χ3n) is 2.52. The number of thioether (sulfide) groups is 1. The van der Waals surface area contributed by atoms with E-state index in [2.05, 4.69) is 22.3 Å². The highest BCUT2D eigenvalue weighted by atomic mass is 32.2. The summed E-state index contributed by atoms with van der Waals surface area (Å²) in [4.78, 5) is 26.0. The Hall–Kier alpha value is -1.12. The molecule has 0 radical (unpaired) electrons. The van der Waals surface area contributed by atoms with E-state index in [-0.39, 0.29) is 12.6 Å². The zero-order chi connectivity index (χ0) is 14.3. The van der Waals surface area contributed by atoms with Gasteiger partial charge >= 0.3 is 11.1 Å². The number of nitrogens with one attached hydrogen (secondary N) is 2. The molecule has 0 aliphatic carbocycles. The monoisotopic (exact) mass is 288 g/mol. The minimum absolute atomic E-state index is 0.111. The van der Waals surface area contributed by atoms with E-state index in [4.69, 9.17) is 5.11 Å². The van der Waals surface area contributed by atoms with Gasteiger partial charge in [-0.3, -0.25) is 19.4 Å². The van der Waals surface area contributed by atoms with Crippen molar-refractivity contribution in [3.8, 4) is 0 Å². The number of rotatable bonds is 8. The van der Waals surface area contributed by atoms with Gasteiger partial charge in [0.15, 0.2) is 5.16 Å². The highest BCUT2D eigenvalue weighted by molar-refractivity contribution is 7.99. The van der Waals surface area contributed by atoms with E-state index >= 15 is 0 Å². The first-order valence-corrected chi connectivity index (χ1v) is 7.21. The Morgan fingerprint density at radius 1 is 1.53 bits per heavy atom. The van der Waals surface area contributed by atoms with Crippen molar-refractivity contribution < 1.29 is 5.11 Å². The van der Waals surface area contributed by atoms with E-state index in [1.54, 1.807) is 7.05 Å². The summed E-state index contributed by atoms with van der Waals surface area (Å²) in [6, 6.07) is 0.152. The van der Waals surface area contributed by atoms with E-state index < -0.39 is 11.1 Å². The zero-order valence-corrected chi connectivity index (χ0v) is 12.0. The molecule has 7 nitrogen and oxygen atoms in total. The maximum Gasteiger partial charge on any atom is 0.339 e. The Kier molecular flexibility index (Phi) is 6.82. The van der Waals surface area contributed by atoms with Crippen LogP contribution in [0.4, 0.5) is 0 Å². The normalized spacial score (nSPS) is 12.6. The maximum absolute atomic E-state index is 11.2. The van der Waals surface area contributed by atoms with Crippen molar-refractivity contribution >= 4 is 11.8 Å². The highest BCUT2D eigenvalue weighted by Gasteiger charge is 2.10. The van der Waals surface area contributed by atoms with Crippen LogP contribution in [0.15, 0.2) is 14.7 Å². The summed E-state index contributed by atoms with van der Waals surface area (Å²) < 4.78 is 1.43. The average Bonchev–Trinajstić information content (AvgIpc) is 2.38. The summed E-state index contributed by atoms with van der Waals surface area (Å²) in [7, 11) is 1.64. The molecule has 0 bridgehead atoms. The Labute approximate surface area is 115 Å². The molecule has 0 spiro atoms. The lowest BCUT2D eigenvalue weighted by Crippen LogP contribution is -2.35. The number of hydrogen-bond donors (Lipinski definition) is 3. The molecular formula is C11H20N4O3S. The molecule has 1 aromatic rings. The smallest absolute Gasteiger partial charge is 0.339 e. The van der Waals surface area contributed by atoms with Crippen LogP contribution < -0.4 is 16.4 Å². The molecule has 0 saturated carbocycles. The van der Waals surface area contributed by atoms with Gasteiger partial charge in [-0.05, 0) is 19.4 Å². The summed E-state index contributed by atoms with van der Waals surface area (Å²) in [6.45, 7) is 3.06. The van der Waals surface area contributed by atoms with Gasteiger partial charge in [-0.15, -0.1) is 0 Å². The minimum atomic E-state index is -0.777. The van der Waals surface area contributed by atoms with E-state index in [1.165, 1.54) is 16.4 Å². The van der Waals surface area contributed by atoms with Crippen LogP contribution in [-0.4, -0.2) is 44.8 Å². The van der Waals surface area contributed by atoms with Gasteiger partial charge in [0.05, 0.1) is 0 Å². The number of hydrogen-bond acceptors (Lipinski definition) is 6. The van der Waals surface area contributed by atoms with Gasteiger partial charge in [0.25, 0.3) is 0 Å². The molecule has 1 rings (SSSR count). The Morgan fingerprint density at radius 3 is 2.89 bits per heavy atom. The van der Waals surface area contributed by atoms with Gasteiger partial charge in [0.2, 0.25) is 0 Å². The molecule has 0 aliphatic rings. The van der Waals surface area contributed by atoms with Gasteiger partial charge in [-0.2, -0.15) is 4.98 Å². The van der Waals surface area contributed by atoms with Crippen LogP contribution >= 0.6 is 11.8 Å². The van der Waals surface area contributed by atoms with Gasteiger partial charge in [0, 0.05) is 25.4 Å². The number of aryl methyl sites for hydroxylation is 1. The summed E-state index contributed by atoms with van der Waals surface area (Å²) in [5, 5.41) is 15.2. The lowest BCUT2D eigenvalue weighted by Gasteiger charge is -2.17. The van der Waals surface area contributed by atoms with Crippen molar-refractivity contribution in [3.63, 3.8) is 0 Å². The molecule has 8 heteroatoms. The Morgan fingerprint density at radius 2 is 2.26 bits per heavy atom. The molecule has 0 saturated heterocycles. The van der Waals surface area contributed by atoms with Crippen LogP contribution in [0.2, 0.25) is 0 Å². The lowest BCUT2D eigenvalue weighted by molar-refractivity contribution is 0.270. The summed E-state index contributed by atoms with van der Waals surface area (Å²) in [5.74, 6) is 0.673. The fourth-order valence-electron chi connectivity index (χ4n) is 1.51. The molecule has 3 N–H and O–H groups in total. The number of aromatic amines is 1. The third kappa shape index (κ3) is 5.17. The third-order valence-corrected chi connectivity index (χ3v) is 3.71. The molecule has 0 aliphatic heterocycles. The van der Waals surface area contributed by atoms with Crippen LogP contribution in [-0.2, 0) is 7.05 Å². The fourth-order valence-corrected chi connectivity index (χ4v) is 2.53. The second-order valence-corrected chi connectivity index (χ2v) is 5.16. The van der Waals surface area contributed by atoms with Crippen molar-refractivity contribution in [1.29, 1.82) is 0 Å². The standard InChI is InChI=1S/C11H20N4O3S/c1-3-5-12-8(4-6-16)7-19-11-13-9(17)10(18)14-15(11)2/h8,12,16H,3-7H2,1-2H3,(H,14,18). The van der Waals surface area contributed by atoms with Crippen LogP contribution in [0.3, 0.4) is 0 Å². The summed E-state index contributed by atoms with van der Waals surface area (Å²) in [6.07, 6.45) is 1.66. The largest absolute Gasteiger partial charge is 0.396 e. The molecular weight excluding hydrogens is 268 g/mol. The molecule has 0 fully saturated rings. The molecule has 19 heavy (non-hydrogen) atoms. The van der Waals surface area contributed by atoms with Crippen LogP contribution in [0.1, 0.15) is 19.8 Å². The number of aromatic nitrogens is 3. The predicted molar refractivity (Wildman–Crippen MR) is 74.6 cm³/mol. The summed E-state index contributed by atoms with van der Waals surface area (Å²) in [5.41, 5.74) is -1.50. The first kappa shape index (κ1) is 15.9. The number of H-pyrrole nitrogens is 1. The number of nitrogens with zero attached hydrogens (tertiary/aromatic N) is 2. The van der Waals surface area contributed by atoms with Crippen molar-refractivity contribution in [2.75, 3.05) is 18.9 Å². The summed E-state index contributed by atoms with van der Waals surface area (Å²) >= 11 is 1.38. The van der Waals surface area contributed by atoms with E-state index in [0.29, 0.717) is 17.3 Å². The van der Waals surface area contributed by atoms with Gasteiger partial charge in [-0.25, -0.2) is 0 Å². The lowest BCUT2D eigenvalue weighted by atomic mass is 10.2. The molecule has 108 valence electrons. The maximum atomic E-state index is 11.2. The molecule has 0 aromatic carbocycles. The Balaban J connectivity index is 2.65. The zero-order valence-electron chi connectivity index (χ0n) is 11.2. The van der Waals surface area contributed by atoms with Crippen molar-refractivity contribution in [3.05, 3.63) is 20.7 Å². The van der Waals surface area contributed by atoms with Crippen LogP contribution in [0, 0.1) is 0 Å². The van der Waals surface area contributed by atoms with Crippen LogP contribution in [0.25, 0.3) is 0 Å². The Bertz CT molecular complexity index is 499. The predicted octanol–water partition coefficient (Wildman–Crippen LogP) is -0.689. The van der Waals surface area contributed by atoms with Crippen molar-refractivity contribution in [2.24, 2.45) is 7.05 Å². The van der Waals surface area contributed by atoms with E-state index in [9.17, 15) is 9.59 Å². The van der Waals surface area contributed by atoms with Gasteiger partial charge in [-0.1, -0.05) is 18.7 Å². The van der Waals surface area contributed by atoms with Gasteiger partial charge in [0.1, 0.15) is 0 Å². The molecule has 1 heterocycles. The second kappa shape index (κ2) is 8.13. The number of aliphatic hydroxyl groups excluding tert-OH is 1. The second-order valence-electron chi connectivity index (χ2n) is 4.17. The quantitative estimate of drug-likeness (QED) is 0.432. The molecule has 1 unspecified atom stereocenters. The average molecular weight is 288 g/mol. The fraction of sp³-hybridized carbons (Fsp3) is 0.727.